The highest BCUT2D eigenvalue weighted by molar-refractivity contribution is 7.98. The maximum atomic E-state index is 12.9. The van der Waals surface area contributed by atoms with Crippen molar-refractivity contribution >= 4 is 33.3 Å². The quantitative estimate of drug-likeness (QED) is 0.348. The molecule has 3 heterocycles. The van der Waals surface area contributed by atoms with E-state index in [9.17, 15) is 4.79 Å². The Morgan fingerprint density at radius 2 is 1.89 bits per heavy atom. The number of benzene rings is 1. The zero-order valence-electron chi connectivity index (χ0n) is 16.1. The van der Waals surface area contributed by atoms with E-state index in [4.69, 9.17) is 9.51 Å². The Balaban J connectivity index is 1.61. The van der Waals surface area contributed by atoms with Gasteiger partial charge in [-0.05, 0) is 33.3 Å². The van der Waals surface area contributed by atoms with E-state index in [2.05, 4.69) is 10.1 Å². The van der Waals surface area contributed by atoms with Crippen molar-refractivity contribution in [2.45, 2.75) is 45.1 Å². The van der Waals surface area contributed by atoms with Crippen LogP contribution in [0.1, 0.15) is 28.8 Å². The van der Waals surface area contributed by atoms with Crippen LogP contribution in [0.2, 0.25) is 0 Å². The highest BCUT2D eigenvalue weighted by Crippen LogP contribution is 2.29. The van der Waals surface area contributed by atoms with Gasteiger partial charge in [0.2, 0.25) is 11.7 Å². The van der Waals surface area contributed by atoms with Crippen LogP contribution in [0.15, 0.2) is 38.7 Å². The number of fused-ring (bicyclic) bond motifs is 1. The summed E-state index contributed by atoms with van der Waals surface area (Å²) in [6.07, 6.45) is 0. The van der Waals surface area contributed by atoms with E-state index < -0.39 is 0 Å². The average Bonchev–Trinajstić information content (AvgIpc) is 3.26. The molecule has 6 nitrogen and oxygen atoms in total. The Kier molecular flexibility index (Phi) is 5.07. The third-order valence-corrected chi connectivity index (χ3v) is 6.73. The van der Waals surface area contributed by atoms with Gasteiger partial charge in [0.05, 0.1) is 11.1 Å². The zero-order chi connectivity index (χ0) is 19.8. The summed E-state index contributed by atoms with van der Waals surface area (Å²) in [5, 5.41) is 5.47. The number of thiophene rings is 1. The van der Waals surface area contributed by atoms with Gasteiger partial charge in [0.15, 0.2) is 5.16 Å². The summed E-state index contributed by atoms with van der Waals surface area (Å²) in [4.78, 5) is 24.0. The normalized spacial score (nSPS) is 11.4. The highest BCUT2D eigenvalue weighted by Gasteiger charge is 2.17. The van der Waals surface area contributed by atoms with Crippen LogP contribution in [-0.2, 0) is 12.3 Å². The van der Waals surface area contributed by atoms with Crippen molar-refractivity contribution in [3.63, 3.8) is 0 Å². The Morgan fingerprint density at radius 3 is 2.61 bits per heavy atom. The molecule has 4 rings (SSSR count). The third kappa shape index (κ3) is 3.38. The molecule has 4 aromatic rings. The summed E-state index contributed by atoms with van der Waals surface area (Å²) in [5.41, 5.74) is 3.14. The first kappa shape index (κ1) is 18.9. The number of aryl methyl sites for hydroxylation is 3. The molecular formula is C20H20N4O2S2. The molecule has 8 heteroatoms. The van der Waals surface area contributed by atoms with Crippen molar-refractivity contribution in [1.82, 2.24) is 19.7 Å². The van der Waals surface area contributed by atoms with Gasteiger partial charge in [0.1, 0.15) is 4.83 Å². The van der Waals surface area contributed by atoms with Gasteiger partial charge < -0.3 is 4.52 Å². The number of hydrogen-bond acceptors (Lipinski definition) is 7. The monoisotopic (exact) mass is 412 g/mol. The first-order valence-corrected chi connectivity index (χ1v) is 10.8. The number of thioether (sulfide) groups is 1. The fraction of sp³-hybridized carbons (Fsp3) is 0.300. The van der Waals surface area contributed by atoms with Gasteiger partial charge >= 0.3 is 0 Å². The Hall–Kier alpha value is -2.45. The molecular weight excluding hydrogens is 392 g/mol. The standard InChI is InChI=1S/C20H20N4O2S2/c1-5-24-19(25)16-12(3)13(4)28-18(16)22-20(24)27-10-15-21-17(23-26-15)14-8-6-11(2)7-9-14/h6-9H,5,10H2,1-4H3. The average molecular weight is 413 g/mol. The lowest BCUT2D eigenvalue weighted by Gasteiger charge is -2.08. The van der Waals surface area contributed by atoms with Gasteiger partial charge in [-0.1, -0.05) is 46.7 Å². The van der Waals surface area contributed by atoms with Crippen LogP contribution >= 0.6 is 23.1 Å². The molecule has 0 unspecified atom stereocenters. The molecule has 0 saturated heterocycles. The predicted octanol–water partition coefficient (Wildman–Crippen LogP) is 4.75. The molecule has 0 saturated carbocycles. The van der Waals surface area contributed by atoms with E-state index in [1.54, 1.807) is 15.9 Å². The second kappa shape index (κ2) is 7.52. The first-order chi connectivity index (χ1) is 13.5. The van der Waals surface area contributed by atoms with Crippen LogP contribution in [-0.4, -0.2) is 19.7 Å². The van der Waals surface area contributed by atoms with Crippen LogP contribution < -0.4 is 5.56 Å². The fourth-order valence-electron chi connectivity index (χ4n) is 2.96. The molecule has 0 fully saturated rings. The summed E-state index contributed by atoms with van der Waals surface area (Å²) in [5.74, 6) is 1.53. The van der Waals surface area contributed by atoms with Crippen LogP contribution in [0.3, 0.4) is 0 Å². The Morgan fingerprint density at radius 1 is 1.14 bits per heavy atom. The molecule has 3 aromatic heterocycles. The molecule has 0 N–H and O–H groups in total. The molecule has 0 aliphatic carbocycles. The van der Waals surface area contributed by atoms with Crippen molar-refractivity contribution in [1.29, 1.82) is 0 Å². The maximum Gasteiger partial charge on any atom is 0.263 e. The van der Waals surface area contributed by atoms with Gasteiger partial charge in [-0.2, -0.15) is 4.98 Å². The van der Waals surface area contributed by atoms with E-state index in [0.29, 0.717) is 29.2 Å². The van der Waals surface area contributed by atoms with E-state index in [0.717, 1.165) is 26.2 Å². The molecule has 0 bridgehead atoms. The number of aromatic nitrogens is 4. The van der Waals surface area contributed by atoms with Gasteiger partial charge in [0, 0.05) is 17.0 Å². The lowest BCUT2D eigenvalue weighted by atomic mass is 10.1. The minimum atomic E-state index is 0.0164. The van der Waals surface area contributed by atoms with Crippen LogP contribution in [0.25, 0.3) is 21.6 Å². The van der Waals surface area contributed by atoms with Gasteiger partial charge in [-0.3, -0.25) is 9.36 Å². The molecule has 144 valence electrons. The minimum Gasteiger partial charge on any atom is -0.338 e. The molecule has 0 atom stereocenters. The summed E-state index contributed by atoms with van der Waals surface area (Å²) < 4.78 is 7.10. The molecule has 0 aliphatic rings. The number of nitrogens with zero attached hydrogens (tertiary/aromatic N) is 4. The van der Waals surface area contributed by atoms with Gasteiger partial charge in [-0.15, -0.1) is 11.3 Å². The van der Waals surface area contributed by atoms with E-state index >= 15 is 0 Å². The minimum absolute atomic E-state index is 0.0164. The SMILES string of the molecule is CCn1c(SCc2nc(-c3ccc(C)cc3)no2)nc2sc(C)c(C)c2c1=O. The van der Waals surface area contributed by atoms with Gasteiger partial charge in [-0.25, -0.2) is 4.98 Å². The largest absolute Gasteiger partial charge is 0.338 e. The molecule has 0 aliphatic heterocycles. The first-order valence-electron chi connectivity index (χ1n) is 9.01. The summed E-state index contributed by atoms with van der Waals surface area (Å²) in [6, 6.07) is 7.99. The second-order valence-electron chi connectivity index (χ2n) is 6.57. The van der Waals surface area contributed by atoms with Crippen molar-refractivity contribution in [3.05, 3.63) is 56.5 Å². The van der Waals surface area contributed by atoms with Crippen molar-refractivity contribution in [2.24, 2.45) is 0 Å². The second-order valence-corrected chi connectivity index (χ2v) is 8.72. The molecule has 28 heavy (non-hydrogen) atoms. The van der Waals surface area contributed by atoms with Crippen molar-refractivity contribution < 1.29 is 4.52 Å². The van der Waals surface area contributed by atoms with Crippen molar-refractivity contribution in [2.75, 3.05) is 0 Å². The van der Waals surface area contributed by atoms with E-state index in [1.807, 2.05) is 52.0 Å². The molecule has 1 aromatic carbocycles. The number of rotatable bonds is 5. The van der Waals surface area contributed by atoms with Crippen LogP contribution in [0.4, 0.5) is 0 Å². The summed E-state index contributed by atoms with van der Waals surface area (Å²) in [6.45, 7) is 8.56. The highest BCUT2D eigenvalue weighted by atomic mass is 32.2. The molecule has 0 amide bonds. The lowest BCUT2D eigenvalue weighted by molar-refractivity contribution is 0.391. The topological polar surface area (TPSA) is 73.8 Å². The van der Waals surface area contributed by atoms with Crippen molar-refractivity contribution in [3.8, 4) is 11.4 Å². The van der Waals surface area contributed by atoms with E-state index in [1.165, 1.54) is 17.3 Å². The third-order valence-electron chi connectivity index (χ3n) is 4.67. The fourth-order valence-corrected chi connectivity index (χ4v) is 4.93. The van der Waals surface area contributed by atoms with Gasteiger partial charge in [0.25, 0.3) is 5.56 Å². The molecule has 0 spiro atoms. The Labute approximate surface area is 170 Å². The van der Waals surface area contributed by atoms with Crippen LogP contribution in [0.5, 0.6) is 0 Å². The summed E-state index contributed by atoms with van der Waals surface area (Å²) >= 11 is 3.00. The molecule has 0 radical (unpaired) electrons. The smallest absolute Gasteiger partial charge is 0.263 e. The number of hydrogen-bond donors (Lipinski definition) is 0. The zero-order valence-corrected chi connectivity index (χ0v) is 17.8. The Bertz CT molecular complexity index is 1210. The van der Waals surface area contributed by atoms with Crippen LogP contribution in [0, 0.1) is 20.8 Å². The maximum absolute atomic E-state index is 12.9. The van der Waals surface area contributed by atoms with E-state index in [-0.39, 0.29) is 5.56 Å². The lowest BCUT2D eigenvalue weighted by Crippen LogP contribution is -2.22. The predicted molar refractivity (Wildman–Crippen MR) is 113 cm³/mol. The summed E-state index contributed by atoms with van der Waals surface area (Å²) in [7, 11) is 0.